The number of amides is 1. The molecule has 2 atom stereocenters. The van der Waals surface area contributed by atoms with Gasteiger partial charge in [-0.1, -0.05) is 12.1 Å². The SMILES string of the molecule is COc1cc(C2(O)CC3COCC(C2)N3C(=O)OC(C)(C)C)ccc1C. The lowest BCUT2D eigenvalue weighted by Crippen LogP contribution is -2.63. The number of morpholine rings is 1. The molecule has 0 aromatic heterocycles. The maximum atomic E-state index is 12.7. The Bertz CT molecular complexity index is 667. The summed E-state index contributed by atoms with van der Waals surface area (Å²) in [6.45, 7) is 8.35. The van der Waals surface area contributed by atoms with Crippen LogP contribution in [0.4, 0.5) is 4.79 Å². The second-order valence-corrected chi connectivity index (χ2v) is 8.36. The highest BCUT2D eigenvalue weighted by atomic mass is 16.6. The molecule has 1 amide bonds. The standard InChI is InChI=1S/C20H29NO5/c1-13-6-7-14(8-17(13)24-5)20(23)9-15-11-25-12-16(10-20)21(15)18(22)26-19(2,3)4/h6-8,15-16,23H,9-12H2,1-5H3. The van der Waals surface area contributed by atoms with Crippen molar-refractivity contribution in [1.29, 1.82) is 0 Å². The molecule has 1 N–H and O–H groups in total. The molecular formula is C20H29NO5. The average molecular weight is 363 g/mol. The van der Waals surface area contributed by atoms with E-state index in [4.69, 9.17) is 14.2 Å². The number of hydrogen-bond acceptors (Lipinski definition) is 5. The number of hydrogen-bond donors (Lipinski definition) is 1. The maximum absolute atomic E-state index is 12.7. The minimum atomic E-state index is -1.02. The molecule has 3 rings (SSSR count). The zero-order chi connectivity index (χ0) is 19.1. The lowest BCUT2D eigenvalue weighted by atomic mass is 9.77. The number of fused-ring (bicyclic) bond motifs is 2. The molecule has 26 heavy (non-hydrogen) atoms. The Morgan fingerprint density at radius 2 is 1.88 bits per heavy atom. The summed E-state index contributed by atoms with van der Waals surface area (Å²) in [6, 6.07) is 5.37. The Hall–Kier alpha value is -1.79. The van der Waals surface area contributed by atoms with Gasteiger partial charge in [-0.3, -0.25) is 4.90 Å². The van der Waals surface area contributed by atoms with Crippen molar-refractivity contribution in [2.24, 2.45) is 0 Å². The fourth-order valence-corrected chi connectivity index (χ4v) is 3.93. The van der Waals surface area contributed by atoms with Gasteiger partial charge in [0.2, 0.25) is 0 Å². The number of nitrogens with zero attached hydrogens (tertiary/aromatic N) is 1. The summed E-state index contributed by atoms with van der Waals surface area (Å²) in [6.07, 6.45) is 0.489. The van der Waals surface area contributed by atoms with Crippen molar-refractivity contribution in [3.8, 4) is 5.75 Å². The fraction of sp³-hybridized carbons (Fsp3) is 0.650. The van der Waals surface area contributed by atoms with Crippen LogP contribution in [-0.2, 0) is 15.1 Å². The lowest BCUT2D eigenvalue weighted by molar-refractivity contribution is -0.141. The second kappa shape index (κ2) is 6.74. The summed E-state index contributed by atoms with van der Waals surface area (Å²) < 4.78 is 16.6. The van der Waals surface area contributed by atoms with Gasteiger partial charge in [-0.25, -0.2) is 4.79 Å². The van der Waals surface area contributed by atoms with Crippen LogP contribution < -0.4 is 4.74 Å². The maximum Gasteiger partial charge on any atom is 0.410 e. The molecular weight excluding hydrogens is 334 g/mol. The number of ether oxygens (including phenoxy) is 3. The first kappa shape index (κ1) is 19.0. The van der Waals surface area contributed by atoms with E-state index >= 15 is 0 Å². The molecule has 144 valence electrons. The van der Waals surface area contributed by atoms with Gasteiger partial charge in [0.25, 0.3) is 0 Å². The van der Waals surface area contributed by atoms with E-state index in [0.29, 0.717) is 26.1 Å². The monoisotopic (exact) mass is 363 g/mol. The predicted octanol–water partition coefficient (Wildman–Crippen LogP) is 2.99. The molecule has 6 heteroatoms. The van der Waals surface area contributed by atoms with E-state index in [1.54, 1.807) is 12.0 Å². The van der Waals surface area contributed by atoms with Crippen molar-refractivity contribution in [1.82, 2.24) is 4.90 Å². The van der Waals surface area contributed by atoms with Gasteiger partial charge in [-0.05, 0) is 44.9 Å². The Morgan fingerprint density at radius 1 is 1.27 bits per heavy atom. The molecule has 2 unspecified atom stereocenters. The van der Waals surface area contributed by atoms with Gasteiger partial charge in [0.15, 0.2) is 0 Å². The van der Waals surface area contributed by atoms with Crippen molar-refractivity contribution in [3.05, 3.63) is 29.3 Å². The molecule has 2 heterocycles. The van der Waals surface area contributed by atoms with Crippen molar-refractivity contribution < 1.29 is 24.1 Å². The number of aryl methyl sites for hydroxylation is 1. The van der Waals surface area contributed by atoms with Crippen LogP contribution >= 0.6 is 0 Å². The molecule has 1 aromatic carbocycles. The first-order chi connectivity index (χ1) is 12.1. The van der Waals surface area contributed by atoms with E-state index < -0.39 is 11.2 Å². The Labute approximate surface area is 155 Å². The third kappa shape index (κ3) is 3.67. The zero-order valence-corrected chi connectivity index (χ0v) is 16.2. The van der Waals surface area contributed by atoms with Gasteiger partial charge < -0.3 is 19.3 Å². The number of carbonyl (C=O) groups excluding carboxylic acids is 1. The molecule has 1 aromatic rings. The van der Waals surface area contributed by atoms with Gasteiger partial charge in [-0.2, -0.15) is 0 Å². The fourth-order valence-electron chi connectivity index (χ4n) is 3.93. The number of methoxy groups -OCH3 is 1. The van der Waals surface area contributed by atoms with Crippen molar-refractivity contribution >= 4 is 6.09 Å². The van der Waals surface area contributed by atoms with Crippen LogP contribution in [0.3, 0.4) is 0 Å². The summed E-state index contributed by atoms with van der Waals surface area (Å²) in [4.78, 5) is 14.4. The highest BCUT2D eigenvalue weighted by Crippen LogP contribution is 2.42. The van der Waals surface area contributed by atoms with E-state index in [0.717, 1.165) is 16.9 Å². The molecule has 2 aliphatic heterocycles. The van der Waals surface area contributed by atoms with Crippen LogP contribution in [0.5, 0.6) is 5.75 Å². The van der Waals surface area contributed by atoms with Gasteiger partial charge in [-0.15, -0.1) is 0 Å². The average Bonchev–Trinajstić information content (AvgIpc) is 2.52. The van der Waals surface area contributed by atoms with Crippen molar-refractivity contribution in [3.63, 3.8) is 0 Å². The third-order valence-electron chi connectivity index (χ3n) is 5.10. The summed E-state index contributed by atoms with van der Waals surface area (Å²) >= 11 is 0. The Balaban J connectivity index is 1.86. The van der Waals surface area contributed by atoms with Crippen LogP contribution in [0.1, 0.15) is 44.7 Å². The number of carbonyl (C=O) groups is 1. The summed E-state index contributed by atoms with van der Waals surface area (Å²) in [5.74, 6) is 0.756. The Kier molecular flexibility index (Phi) is 4.92. The van der Waals surface area contributed by atoms with Crippen molar-refractivity contribution in [2.75, 3.05) is 20.3 Å². The van der Waals surface area contributed by atoms with Crippen LogP contribution in [0.25, 0.3) is 0 Å². The molecule has 2 fully saturated rings. The number of aliphatic hydroxyl groups is 1. The number of benzene rings is 1. The second-order valence-electron chi connectivity index (χ2n) is 8.36. The molecule has 2 saturated heterocycles. The van der Waals surface area contributed by atoms with Gasteiger partial charge in [0.05, 0.1) is 38.0 Å². The van der Waals surface area contributed by atoms with E-state index in [1.807, 2.05) is 45.9 Å². The number of rotatable bonds is 2. The van der Waals surface area contributed by atoms with Crippen molar-refractivity contribution in [2.45, 2.75) is 63.8 Å². The van der Waals surface area contributed by atoms with Crippen LogP contribution in [-0.4, -0.2) is 54.1 Å². The Morgan fingerprint density at radius 3 is 2.42 bits per heavy atom. The molecule has 0 spiro atoms. The van der Waals surface area contributed by atoms with E-state index in [9.17, 15) is 9.90 Å². The normalized spacial score (nSPS) is 28.6. The molecule has 2 bridgehead atoms. The highest BCUT2D eigenvalue weighted by Gasteiger charge is 2.49. The molecule has 6 nitrogen and oxygen atoms in total. The topological polar surface area (TPSA) is 68.2 Å². The number of piperidine rings is 1. The largest absolute Gasteiger partial charge is 0.496 e. The molecule has 2 aliphatic rings. The van der Waals surface area contributed by atoms with Crippen LogP contribution in [0.2, 0.25) is 0 Å². The molecule has 0 saturated carbocycles. The van der Waals surface area contributed by atoms with E-state index in [-0.39, 0.29) is 18.2 Å². The minimum absolute atomic E-state index is 0.213. The zero-order valence-electron chi connectivity index (χ0n) is 16.2. The third-order valence-corrected chi connectivity index (χ3v) is 5.10. The summed E-state index contributed by atoms with van der Waals surface area (Å²) in [7, 11) is 1.63. The first-order valence-corrected chi connectivity index (χ1v) is 9.09. The minimum Gasteiger partial charge on any atom is -0.496 e. The predicted molar refractivity (Wildman–Crippen MR) is 97.3 cm³/mol. The van der Waals surface area contributed by atoms with Gasteiger partial charge in [0, 0.05) is 12.8 Å². The lowest BCUT2D eigenvalue weighted by Gasteiger charge is -2.51. The van der Waals surface area contributed by atoms with Crippen LogP contribution in [0, 0.1) is 6.92 Å². The van der Waals surface area contributed by atoms with Crippen LogP contribution in [0.15, 0.2) is 18.2 Å². The van der Waals surface area contributed by atoms with E-state index in [1.165, 1.54) is 0 Å². The highest BCUT2D eigenvalue weighted by molar-refractivity contribution is 5.69. The van der Waals surface area contributed by atoms with E-state index in [2.05, 4.69) is 0 Å². The quantitative estimate of drug-likeness (QED) is 0.875. The molecule has 0 radical (unpaired) electrons. The van der Waals surface area contributed by atoms with Gasteiger partial charge in [0.1, 0.15) is 11.4 Å². The molecule has 0 aliphatic carbocycles. The summed E-state index contributed by atoms with van der Waals surface area (Å²) in [5, 5.41) is 11.4. The summed E-state index contributed by atoms with van der Waals surface area (Å²) in [5.41, 5.74) is 0.276. The smallest absolute Gasteiger partial charge is 0.410 e. The van der Waals surface area contributed by atoms with Gasteiger partial charge >= 0.3 is 6.09 Å². The first-order valence-electron chi connectivity index (χ1n) is 9.09.